The number of amides is 2. The van der Waals surface area contributed by atoms with Crippen molar-refractivity contribution in [2.45, 2.75) is 20.0 Å². The van der Waals surface area contributed by atoms with Crippen molar-refractivity contribution in [3.63, 3.8) is 0 Å². The maximum Gasteiger partial charge on any atom is 0.434 e. The molecule has 0 saturated heterocycles. The molecule has 4 aromatic heterocycles. The zero-order valence-corrected chi connectivity index (χ0v) is 19.1. The Morgan fingerprint density at radius 1 is 1.17 bits per heavy atom. The zero-order chi connectivity index (χ0) is 25.3. The number of H-pyrrole nitrogens is 1. The first-order valence-corrected chi connectivity index (χ1v) is 11.0. The molecular weight excluding hydrogens is 487 g/mol. The van der Waals surface area contributed by atoms with E-state index in [2.05, 4.69) is 25.6 Å². The van der Waals surface area contributed by atoms with Crippen LogP contribution in [0.5, 0.6) is 0 Å². The molecule has 0 aliphatic rings. The number of thiazole rings is 1. The number of urea groups is 1. The molecule has 0 bridgehead atoms. The average molecular weight is 505 g/mol. The second-order valence-electron chi connectivity index (χ2n) is 7.42. The van der Waals surface area contributed by atoms with E-state index in [1.807, 2.05) is 0 Å². The summed E-state index contributed by atoms with van der Waals surface area (Å²) in [6, 6.07) is 2.12. The Balaban J connectivity index is 1.89. The Morgan fingerprint density at radius 2 is 1.91 bits per heavy atom. The third kappa shape index (κ3) is 5.16. The highest BCUT2D eigenvalue weighted by Gasteiger charge is 2.34. The second-order valence-corrected chi connectivity index (χ2v) is 8.28. The van der Waals surface area contributed by atoms with Crippen molar-refractivity contribution in [2.75, 3.05) is 11.9 Å². The third-order valence-corrected chi connectivity index (χ3v) is 5.67. The first kappa shape index (κ1) is 23.9. The van der Waals surface area contributed by atoms with Gasteiger partial charge in [0.05, 0.1) is 11.1 Å². The van der Waals surface area contributed by atoms with Crippen molar-refractivity contribution in [2.24, 2.45) is 0 Å². The highest BCUT2D eigenvalue weighted by molar-refractivity contribution is 7.13. The van der Waals surface area contributed by atoms with E-state index >= 15 is 0 Å². The van der Waals surface area contributed by atoms with Crippen LogP contribution < -0.4 is 20.1 Å². The average Bonchev–Trinajstić information content (AvgIpc) is 3.44. The van der Waals surface area contributed by atoms with Crippen LogP contribution in [0.15, 0.2) is 42.3 Å². The van der Waals surface area contributed by atoms with E-state index in [-0.39, 0.29) is 27.5 Å². The molecule has 14 heteroatoms. The number of hydrogen-bond acceptors (Lipinski definition) is 6. The number of halogens is 3. The number of aryl methyl sites for hydroxylation is 1. The minimum Gasteiger partial charge on any atom is -0.711 e. The molecular formula is C21H18F3N7O3S. The molecule has 4 heterocycles. The van der Waals surface area contributed by atoms with E-state index in [4.69, 9.17) is 0 Å². The van der Waals surface area contributed by atoms with Gasteiger partial charge in [0.25, 0.3) is 5.82 Å². The second kappa shape index (κ2) is 9.21. The van der Waals surface area contributed by atoms with E-state index in [1.54, 1.807) is 26.1 Å². The molecule has 35 heavy (non-hydrogen) atoms. The fourth-order valence-electron chi connectivity index (χ4n) is 3.27. The standard InChI is InChI=1S/C21H18F3N7O3S/c1-3-25-20(32)29-17-5-14(19-28-16(10-35-19)21(22,23)24)15(9-31(17)34)12-4-13(8-30(33)7-12)18-26-6-11(2)27-18/h4-10H,3H2,1-2H3,(H,26,27)(H2,25,29,32). The summed E-state index contributed by atoms with van der Waals surface area (Å²) in [6.45, 7) is 3.75. The number of carbonyl (C=O) groups is 1. The smallest absolute Gasteiger partial charge is 0.434 e. The lowest BCUT2D eigenvalue weighted by atomic mass is 10.0. The van der Waals surface area contributed by atoms with Gasteiger partial charge in [-0.05, 0) is 19.9 Å². The Bertz CT molecular complexity index is 1400. The molecule has 0 aromatic carbocycles. The molecule has 3 N–H and O–H groups in total. The van der Waals surface area contributed by atoms with Crippen LogP contribution in [0.2, 0.25) is 0 Å². The lowest BCUT2D eigenvalue weighted by Gasteiger charge is -2.14. The first-order valence-electron chi connectivity index (χ1n) is 10.2. The summed E-state index contributed by atoms with van der Waals surface area (Å²) < 4.78 is 40.5. The van der Waals surface area contributed by atoms with Gasteiger partial charge in [0.15, 0.2) is 18.1 Å². The van der Waals surface area contributed by atoms with Crippen molar-refractivity contribution in [1.82, 2.24) is 20.3 Å². The molecule has 0 aliphatic carbocycles. The molecule has 0 aliphatic heterocycles. The van der Waals surface area contributed by atoms with Gasteiger partial charge in [0, 0.05) is 41.0 Å². The lowest BCUT2D eigenvalue weighted by Crippen LogP contribution is -2.37. The summed E-state index contributed by atoms with van der Waals surface area (Å²) in [4.78, 5) is 22.8. The Morgan fingerprint density at radius 3 is 2.54 bits per heavy atom. The number of hydrogen-bond donors (Lipinski definition) is 3. The number of carbonyl (C=O) groups excluding carboxylic acids is 1. The minimum absolute atomic E-state index is 0.0523. The summed E-state index contributed by atoms with van der Waals surface area (Å²) in [5, 5.41) is 30.7. The molecule has 10 nitrogen and oxygen atoms in total. The van der Waals surface area contributed by atoms with Crippen molar-refractivity contribution < 1.29 is 27.4 Å². The highest BCUT2D eigenvalue weighted by Crippen LogP contribution is 2.38. The first-order chi connectivity index (χ1) is 16.5. The maximum atomic E-state index is 13.2. The Kier molecular flexibility index (Phi) is 6.30. The van der Waals surface area contributed by atoms with E-state index < -0.39 is 17.9 Å². The van der Waals surface area contributed by atoms with Gasteiger partial charge in [0.1, 0.15) is 17.0 Å². The molecule has 2 amide bonds. The van der Waals surface area contributed by atoms with Crippen LogP contribution >= 0.6 is 11.3 Å². The molecule has 182 valence electrons. The predicted molar refractivity (Wildman–Crippen MR) is 121 cm³/mol. The summed E-state index contributed by atoms with van der Waals surface area (Å²) in [6.07, 6.45) is 0.414. The number of alkyl halides is 3. The summed E-state index contributed by atoms with van der Waals surface area (Å²) in [7, 11) is 0. The maximum absolute atomic E-state index is 13.2. The van der Waals surface area contributed by atoms with Crippen LogP contribution in [0.25, 0.3) is 33.1 Å². The van der Waals surface area contributed by atoms with Crippen LogP contribution in [0, 0.1) is 17.3 Å². The van der Waals surface area contributed by atoms with Gasteiger partial charge in [-0.3, -0.25) is 0 Å². The quantitative estimate of drug-likeness (QED) is 0.281. The van der Waals surface area contributed by atoms with Crippen LogP contribution in [-0.4, -0.2) is 27.5 Å². The molecule has 0 radical (unpaired) electrons. The van der Waals surface area contributed by atoms with Gasteiger partial charge in [-0.25, -0.2) is 19.5 Å². The van der Waals surface area contributed by atoms with Crippen molar-refractivity contribution in [1.29, 1.82) is 0 Å². The summed E-state index contributed by atoms with van der Waals surface area (Å²) >= 11 is 0.716. The molecule has 0 saturated carbocycles. The van der Waals surface area contributed by atoms with Gasteiger partial charge in [0.2, 0.25) is 0 Å². The van der Waals surface area contributed by atoms with E-state index in [1.165, 1.54) is 18.5 Å². The van der Waals surface area contributed by atoms with Crippen molar-refractivity contribution >= 4 is 23.2 Å². The largest absolute Gasteiger partial charge is 0.711 e. The summed E-state index contributed by atoms with van der Waals surface area (Å²) in [5.41, 5.74) is 0.549. The van der Waals surface area contributed by atoms with Gasteiger partial charge in [-0.2, -0.15) is 23.2 Å². The number of nitrogens with one attached hydrogen (secondary N) is 3. The number of anilines is 1. The summed E-state index contributed by atoms with van der Waals surface area (Å²) in [5.74, 6) is 0.167. The zero-order valence-electron chi connectivity index (χ0n) is 18.3. The highest BCUT2D eigenvalue weighted by atomic mass is 32.1. The third-order valence-electron chi connectivity index (χ3n) is 4.79. The topological polar surface area (TPSA) is 137 Å². The van der Waals surface area contributed by atoms with Crippen LogP contribution in [0.1, 0.15) is 18.3 Å². The molecule has 0 fully saturated rings. The number of aromatic nitrogens is 5. The van der Waals surface area contributed by atoms with Gasteiger partial charge >= 0.3 is 12.2 Å². The normalized spacial score (nSPS) is 11.5. The van der Waals surface area contributed by atoms with Gasteiger partial charge in [-0.1, -0.05) is 0 Å². The molecule has 4 aromatic rings. The van der Waals surface area contributed by atoms with Crippen molar-refractivity contribution in [3.05, 3.63) is 64.1 Å². The number of nitrogens with zero attached hydrogens (tertiary/aromatic N) is 4. The monoisotopic (exact) mass is 505 g/mol. The Labute approximate surface area is 200 Å². The molecule has 0 unspecified atom stereocenters. The predicted octanol–water partition coefficient (Wildman–Crippen LogP) is 3.60. The molecule has 0 spiro atoms. The van der Waals surface area contributed by atoms with Crippen LogP contribution in [-0.2, 0) is 6.18 Å². The molecule has 4 rings (SSSR count). The van der Waals surface area contributed by atoms with E-state index in [0.29, 0.717) is 38.7 Å². The SMILES string of the molecule is CCNC(=O)Nc1cc(-c2nc(C(F)(F)F)cs2)c(-c2cc(-c3ncc(C)[nH]3)c[n+]([O-])c2)c[n+]1[O-]. The number of pyridine rings is 2. The van der Waals surface area contributed by atoms with E-state index in [9.17, 15) is 28.4 Å². The number of imidazole rings is 1. The van der Waals surface area contributed by atoms with Crippen LogP contribution in [0.4, 0.5) is 23.8 Å². The number of rotatable bonds is 5. The minimum atomic E-state index is -4.67. The van der Waals surface area contributed by atoms with Crippen molar-refractivity contribution in [3.8, 4) is 33.1 Å². The van der Waals surface area contributed by atoms with Gasteiger partial charge < -0.3 is 20.7 Å². The lowest BCUT2D eigenvalue weighted by molar-refractivity contribution is -0.604. The van der Waals surface area contributed by atoms with Crippen LogP contribution in [0.3, 0.4) is 0 Å². The molecule has 0 atom stereocenters. The van der Waals surface area contributed by atoms with E-state index in [0.717, 1.165) is 17.3 Å². The fraction of sp³-hybridized carbons (Fsp3) is 0.190. The fourth-order valence-corrected chi connectivity index (χ4v) is 4.13. The van der Waals surface area contributed by atoms with Gasteiger partial charge in [-0.15, -0.1) is 11.3 Å². The Hall–Kier alpha value is -4.20. The number of aromatic amines is 1.